The molecule has 0 saturated carbocycles. The lowest BCUT2D eigenvalue weighted by atomic mass is 10.1. The molecule has 0 aliphatic carbocycles. The SMILES string of the molecule is CCn1c(N)nc2cc(C(=O)N(Cc3ccccn3)CC(C)C)cnc21. The van der Waals surface area contributed by atoms with Gasteiger partial charge in [0.1, 0.15) is 5.52 Å². The van der Waals surface area contributed by atoms with Crippen molar-refractivity contribution in [3.8, 4) is 0 Å². The summed E-state index contributed by atoms with van der Waals surface area (Å²) in [6, 6.07) is 7.48. The van der Waals surface area contributed by atoms with Gasteiger partial charge in [0.15, 0.2) is 5.65 Å². The second-order valence-electron chi connectivity index (χ2n) is 6.68. The van der Waals surface area contributed by atoms with E-state index in [1.165, 1.54) is 0 Å². The maximum atomic E-state index is 13.1. The van der Waals surface area contributed by atoms with Crippen molar-refractivity contribution in [3.63, 3.8) is 0 Å². The zero-order valence-corrected chi connectivity index (χ0v) is 15.4. The summed E-state index contributed by atoms with van der Waals surface area (Å²) >= 11 is 0. The van der Waals surface area contributed by atoms with E-state index in [0.29, 0.717) is 48.2 Å². The van der Waals surface area contributed by atoms with Crippen LogP contribution in [0.15, 0.2) is 36.7 Å². The van der Waals surface area contributed by atoms with Crippen LogP contribution in [-0.2, 0) is 13.1 Å². The summed E-state index contributed by atoms with van der Waals surface area (Å²) in [5, 5.41) is 0. The summed E-state index contributed by atoms with van der Waals surface area (Å²) in [6.07, 6.45) is 3.34. The second-order valence-corrected chi connectivity index (χ2v) is 6.68. The summed E-state index contributed by atoms with van der Waals surface area (Å²) in [5.74, 6) is 0.671. The molecule has 3 heterocycles. The molecule has 0 radical (unpaired) electrons. The van der Waals surface area contributed by atoms with Crippen LogP contribution >= 0.6 is 0 Å². The Morgan fingerprint density at radius 1 is 1.31 bits per heavy atom. The van der Waals surface area contributed by atoms with Crippen molar-refractivity contribution in [3.05, 3.63) is 47.9 Å². The fraction of sp³-hybridized carbons (Fsp3) is 0.368. The van der Waals surface area contributed by atoms with Crippen LogP contribution in [0.1, 0.15) is 36.8 Å². The largest absolute Gasteiger partial charge is 0.369 e. The standard InChI is InChI=1S/C19H24N6O/c1-4-25-17-16(23-19(25)20)9-14(10-22-17)18(26)24(11-13(2)3)12-15-7-5-6-8-21-15/h5-10,13H,4,11-12H2,1-3H3,(H2,20,23). The number of nitrogens with zero attached hydrogens (tertiary/aromatic N) is 5. The zero-order valence-electron chi connectivity index (χ0n) is 15.4. The van der Waals surface area contributed by atoms with Crippen LogP contribution in [0.25, 0.3) is 11.2 Å². The molecule has 3 aromatic heterocycles. The van der Waals surface area contributed by atoms with E-state index < -0.39 is 0 Å². The molecule has 0 unspecified atom stereocenters. The molecule has 0 aliphatic rings. The third-order valence-electron chi connectivity index (χ3n) is 4.13. The second kappa shape index (κ2) is 7.51. The van der Waals surface area contributed by atoms with Gasteiger partial charge in [-0.2, -0.15) is 0 Å². The molecule has 0 saturated heterocycles. The first-order valence-corrected chi connectivity index (χ1v) is 8.80. The zero-order chi connectivity index (χ0) is 18.7. The van der Waals surface area contributed by atoms with Gasteiger partial charge < -0.3 is 10.6 Å². The molecular weight excluding hydrogens is 328 g/mol. The Morgan fingerprint density at radius 2 is 2.12 bits per heavy atom. The maximum Gasteiger partial charge on any atom is 0.255 e. The molecule has 7 heteroatoms. The predicted molar refractivity (Wildman–Crippen MR) is 101 cm³/mol. The van der Waals surface area contributed by atoms with E-state index in [1.807, 2.05) is 29.7 Å². The number of imidazole rings is 1. The fourth-order valence-electron chi connectivity index (χ4n) is 2.99. The van der Waals surface area contributed by atoms with Crippen LogP contribution in [0, 0.1) is 5.92 Å². The van der Waals surface area contributed by atoms with Crippen LogP contribution in [0.3, 0.4) is 0 Å². The van der Waals surface area contributed by atoms with E-state index >= 15 is 0 Å². The average Bonchev–Trinajstić information content (AvgIpc) is 2.95. The maximum absolute atomic E-state index is 13.1. The minimum atomic E-state index is -0.0802. The van der Waals surface area contributed by atoms with Crippen LogP contribution in [0.4, 0.5) is 5.95 Å². The number of aryl methyl sites for hydroxylation is 1. The Balaban J connectivity index is 1.91. The van der Waals surface area contributed by atoms with Crippen LogP contribution in [0.5, 0.6) is 0 Å². The highest BCUT2D eigenvalue weighted by atomic mass is 16.2. The van der Waals surface area contributed by atoms with Gasteiger partial charge in [0.2, 0.25) is 5.95 Å². The van der Waals surface area contributed by atoms with E-state index in [2.05, 4.69) is 28.8 Å². The minimum Gasteiger partial charge on any atom is -0.369 e. The molecule has 1 amide bonds. The van der Waals surface area contributed by atoms with Crippen molar-refractivity contribution in [2.45, 2.75) is 33.9 Å². The fourth-order valence-corrected chi connectivity index (χ4v) is 2.99. The lowest BCUT2D eigenvalue weighted by Gasteiger charge is -2.24. The first-order valence-electron chi connectivity index (χ1n) is 8.80. The van der Waals surface area contributed by atoms with Crippen LogP contribution < -0.4 is 5.73 Å². The Morgan fingerprint density at radius 3 is 2.77 bits per heavy atom. The summed E-state index contributed by atoms with van der Waals surface area (Å²) in [7, 11) is 0. The molecule has 26 heavy (non-hydrogen) atoms. The number of amides is 1. The normalized spacial score (nSPS) is 11.2. The molecule has 0 atom stereocenters. The number of anilines is 1. The number of hydrogen-bond donors (Lipinski definition) is 1. The quantitative estimate of drug-likeness (QED) is 0.737. The lowest BCUT2D eigenvalue weighted by Crippen LogP contribution is -2.34. The Kier molecular flexibility index (Phi) is 5.16. The number of carbonyl (C=O) groups is 1. The number of fused-ring (bicyclic) bond motifs is 1. The van der Waals surface area contributed by atoms with Gasteiger partial charge in [-0.3, -0.25) is 14.3 Å². The smallest absolute Gasteiger partial charge is 0.255 e. The average molecular weight is 352 g/mol. The number of carbonyl (C=O) groups excluding carboxylic acids is 1. The van der Waals surface area contributed by atoms with Gasteiger partial charge in [-0.25, -0.2) is 9.97 Å². The van der Waals surface area contributed by atoms with Crippen molar-refractivity contribution in [1.82, 2.24) is 24.4 Å². The topological polar surface area (TPSA) is 89.9 Å². The molecule has 0 spiro atoms. The summed E-state index contributed by atoms with van der Waals surface area (Å²) < 4.78 is 1.82. The number of hydrogen-bond acceptors (Lipinski definition) is 5. The number of rotatable bonds is 6. The molecular formula is C19H24N6O. The third-order valence-corrected chi connectivity index (χ3v) is 4.13. The van der Waals surface area contributed by atoms with Crippen molar-refractivity contribution in [2.24, 2.45) is 5.92 Å². The van der Waals surface area contributed by atoms with E-state index in [-0.39, 0.29) is 5.91 Å². The molecule has 3 rings (SSSR count). The molecule has 0 aromatic carbocycles. The highest BCUT2D eigenvalue weighted by molar-refractivity contribution is 5.96. The number of nitrogens with two attached hydrogens (primary N) is 1. The molecule has 7 nitrogen and oxygen atoms in total. The minimum absolute atomic E-state index is 0.0802. The van der Waals surface area contributed by atoms with Crippen molar-refractivity contribution < 1.29 is 4.79 Å². The molecule has 3 aromatic rings. The van der Waals surface area contributed by atoms with Gasteiger partial charge in [-0.1, -0.05) is 19.9 Å². The molecule has 136 valence electrons. The predicted octanol–water partition coefficient (Wildman–Crippen LogP) is 2.73. The van der Waals surface area contributed by atoms with E-state index in [0.717, 1.165) is 5.69 Å². The van der Waals surface area contributed by atoms with E-state index in [4.69, 9.17) is 5.73 Å². The van der Waals surface area contributed by atoms with Crippen LogP contribution in [0.2, 0.25) is 0 Å². The van der Waals surface area contributed by atoms with E-state index in [1.54, 1.807) is 23.4 Å². The third kappa shape index (κ3) is 3.66. The van der Waals surface area contributed by atoms with Gasteiger partial charge in [-0.05, 0) is 31.0 Å². The van der Waals surface area contributed by atoms with E-state index in [9.17, 15) is 4.79 Å². The van der Waals surface area contributed by atoms with Gasteiger partial charge in [0.05, 0.1) is 17.8 Å². The van der Waals surface area contributed by atoms with Gasteiger partial charge in [0, 0.05) is 25.5 Å². The molecule has 0 aliphatic heterocycles. The highest BCUT2D eigenvalue weighted by Gasteiger charge is 2.20. The van der Waals surface area contributed by atoms with Crippen molar-refractivity contribution in [2.75, 3.05) is 12.3 Å². The van der Waals surface area contributed by atoms with Crippen molar-refractivity contribution >= 4 is 23.0 Å². The summed E-state index contributed by atoms with van der Waals surface area (Å²) in [4.78, 5) is 28.0. The number of nitrogen functional groups attached to an aromatic ring is 1. The summed E-state index contributed by atoms with van der Waals surface area (Å²) in [6.45, 7) is 7.94. The Labute approximate surface area is 152 Å². The first-order chi connectivity index (χ1) is 12.5. The molecule has 0 bridgehead atoms. The van der Waals surface area contributed by atoms with Gasteiger partial charge in [0.25, 0.3) is 5.91 Å². The summed E-state index contributed by atoms with van der Waals surface area (Å²) in [5.41, 5.74) is 8.62. The highest BCUT2D eigenvalue weighted by Crippen LogP contribution is 2.18. The lowest BCUT2D eigenvalue weighted by molar-refractivity contribution is 0.0720. The Bertz CT molecular complexity index is 903. The van der Waals surface area contributed by atoms with Crippen LogP contribution in [-0.4, -0.2) is 36.9 Å². The molecule has 0 fully saturated rings. The molecule has 2 N–H and O–H groups in total. The number of aromatic nitrogens is 4. The number of pyridine rings is 2. The van der Waals surface area contributed by atoms with Gasteiger partial charge >= 0.3 is 0 Å². The monoisotopic (exact) mass is 352 g/mol. The van der Waals surface area contributed by atoms with Gasteiger partial charge in [-0.15, -0.1) is 0 Å². The first kappa shape index (κ1) is 17.8. The Hall–Kier alpha value is -2.96. The van der Waals surface area contributed by atoms with Crippen molar-refractivity contribution in [1.29, 1.82) is 0 Å².